The Morgan fingerprint density at radius 1 is 1.22 bits per heavy atom. The molecule has 0 bridgehead atoms. The van der Waals surface area contributed by atoms with Gasteiger partial charge in [0.1, 0.15) is 19.0 Å². The number of benzene rings is 1. The molecule has 0 spiro atoms. The fourth-order valence-electron chi connectivity index (χ4n) is 1.89. The highest BCUT2D eigenvalue weighted by molar-refractivity contribution is 5.81. The lowest BCUT2D eigenvalue weighted by Gasteiger charge is -2.16. The SMILES string of the molecule is COC(=O)[C@@H](Cc1ccncn1)NC(=O)OCc1ccccc1. The number of ether oxygens (including phenoxy) is 2. The van der Waals surface area contributed by atoms with E-state index in [-0.39, 0.29) is 13.0 Å². The summed E-state index contributed by atoms with van der Waals surface area (Å²) in [5.74, 6) is -0.569. The van der Waals surface area contributed by atoms with E-state index in [0.29, 0.717) is 5.69 Å². The lowest BCUT2D eigenvalue weighted by molar-refractivity contribution is -0.143. The number of carbonyl (C=O) groups excluding carboxylic acids is 2. The van der Waals surface area contributed by atoms with Gasteiger partial charge in [-0.1, -0.05) is 30.3 Å². The van der Waals surface area contributed by atoms with Crippen molar-refractivity contribution >= 4 is 12.1 Å². The highest BCUT2D eigenvalue weighted by Crippen LogP contribution is 2.03. The van der Waals surface area contributed by atoms with Gasteiger partial charge in [0.2, 0.25) is 0 Å². The van der Waals surface area contributed by atoms with E-state index >= 15 is 0 Å². The molecule has 23 heavy (non-hydrogen) atoms. The number of nitrogens with zero attached hydrogens (tertiary/aromatic N) is 2. The third-order valence-electron chi connectivity index (χ3n) is 3.05. The monoisotopic (exact) mass is 315 g/mol. The summed E-state index contributed by atoms with van der Waals surface area (Å²) >= 11 is 0. The average molecular weight is 315 g/mol. The van der Waals surface area contributed by atoms with Crippen LogP contribution in [-0.4, -0.2) is 35.2 Å². The minimum Gasteiger partial charge on any atom is -0.467 e. The highest BCUT2D eigenvalue weighted by atomic mass is 16.6. The maximum Gasteiger partial charge on any atom is 0.408 e. The normalized spacial score (nSPS) is 11.3. The Bertz CT molecular complexity index is 634. The van der Waals surface area contributed by atoms with E-state index in [1.54, 1.807) is 12.3 Å². The van der Waals surface area contributed by atoms with Crippen LogP contribution in [-0.2, 0) is 27.3 Å². The Morgan fingerprint density at radius 2 is 2.00 bits per heavy atom. The summed E-state index contributed by atoms with van der Waals surface area (Å²) in [5, 5.41) is 2.49. The number of hydrogen-bond acceptors (Lipinski definition) is 6. The van der Waals surface area contributed by atoms with Gasteiger partial charge in [-0.25, -0.2) is 19.6 Å². The van der Waals surface area contributed by atoms with Gasteiger partial charge in [0, 0.05) is 18.3 Å². The molecule has 1 heterocycles. The van der Waals surface area contributed by atoms with Crippen molar-refractivity contribution in [2.75, 3.05) is 7.11 Å². The van der Waals surface area contributed by atoms with Gasteiger partial charge in [0.05, 0.1) is 7.11 Å². The first-order valence-corrected chi connectivity index (χ1v) is 6.99. The Labute approximate surface area is 133 Å². The van der Waals surface area contributed by atoms with Crippen LogP contribution in [0.5, 0.6) is 0 Å². The first-order valence-electron chi connectivity index (χ1n) is 6.99. The van der Waals surface area contributed by atoms with Crippen LogP contribution in [0.15, 0.2) is 48.9 Å². The second-order valence-corrected chi connectivity index (χ2v) is 4.69. The van der Waals surface area contributed by atoms with E-state index in [1.807, 2.05) is 30.3 Å². The van der Waals surface area contributed by atoms with Gasteiger partial charge in [-0.3, -0.25) is 0 Å². The van der Waals surface area contributed by atoms with Crippen LogP contribution in [0.4, 0.5) is 4.79 Å². The molecule has 0 saturated heterocycles. The van der Waals surface area contributed by atoms with E-state index in [9.17, 15) is 9.59 Å². The zero-order chi connectivity index (χ0) is 16.5. The van der Waals surface area contributed by atoms with E-state index in [1.165, 1.54) is 13.4 Å². The molecule has 0 unspecified atom stereocenters. The molecule has 0 radical (unpaired) electrons. The van der Waals surface area contributed by atoms with Crippen molar-refractivity contribution in [3.63, 3.8) is 0 Å². The molecular formula is C16H17N3O4. The highest BCUT2D eigenvalue weighted by Gasteiger charge is 2.23. The summed E-state index contributed by atoms with van der Waals surface area (Å²) in [5.41, 5.74) is 1.46. The molecule has 0 fully saturated rings. The van der Waals surface area contributed by atoms with Crippen molar-refractivity contribution in [1.82, 2.24) is 15.3 Å². The zero-order valence-electron chi connectivity index (χ0n) is 12.6. The number of esters is 1. The smallest absolute Gasteiger partial charge is 0.408 e. The number of aromatic nitrogens is 2. The molecule has 7 heteroatoms. The van der Waals surface area contributed by atoms with Crippen LogP contribution in [0.3, 0.4) is 0 Å². The zero-order valence-corrected chi connectivity index (χ0v) is 12.6. The van der Waals surface area contributed by atoms with Crippen molar-refractivity contribution in [3.05, 3.63) is 60.2 Å². The van der Waals surface area contributed by atoms with Crippen molar-refractivity contribution in [2.24, 2.45) is 0 Å². The van der Waals surface area contributed by atoms with Gasteiger partial charge in [0.25, 0.3) is 0 Å². The molecule has 7 nitrogen and oxygen atoms in total. The third kappa shape index (κ3) is 5.39. The van der Waals surface area contributed by atoms with Gasteiger partial charge >= 0.3 is 12.1 Å². The van der Waals surface area contributed by atoms with Crippen LogP contribution in [0, 0.1) is 0 Å². The van der Waals surface area contributed by atoms with Crippen LogP contribution >= 0.6 is 0 Å². The Balaban J connectivity index is 1.91. The van der Waals surface area contributed by atoms with Gasteiger partial charge in [0.15, 0.2) is 0 Å². The summed E-state index contributed by atoms with van der Waals surface area (Å²) < 4.78 is 9.80. The Hall–Kier alpha value is -2.96. The van der Waals surface area contributed by atoms with Crippen LogP contribution in [0.1, 0.15) is 11.3 Å². The summed E-state index contributed by atoms with van der Waals surface area (Å²) in [7, 11) is 1.26. The molecule has 2 rings (SSSR count). The van der Waals surface area contributed by atoms with E-state index in [4.69, 9.17) is 9.47 Å². The standard InChI is InChI=1S/C16H17N3O4/c1-22-15(20)14(9-13-7-8-17-11-18-13)19-16(21)23-10-12-5-3-2-4-6-12/h2-8,11,14H,9-10H2,1H3,(H,19,21)/t14-/m1/s1. The van der Waals surface area contributed by atoms with Crippen LogP contribution in [0.2, 0.25) is 0 Å². The first kappa shape index (κ1) is 16.4. The molecule has 0 aliphatic carbocycles. The fraction of sp³-hybridized carbons (Fsp3) is 0.250. The average Bonchev–Trinajstić information content (AvgIpc) is 2.60. The molecule has 1 N–H and O–H groups in total. The lowest BCUT2D eigenvalue weighted by Crippen LogP contribution is -2.43. The summed E-state index contributed by atoms with van der Waals surface area (Å²) in [6.07, 6.45) is 2.43. The summed E-state index contributed by atoms with van der Waals surface area (Å²) in [4.78, 5) is 31.5. The number of nitrogens with one attached hydrogen (secondary N) is 1. The molecule has 1 aromatic heterocycles. The number of carbonyl (C=O) groups is 2. The summed E-state index contributed by atoms with van der Waals surface area (Å²) in [6, 6.07) is 10.0. The maximum absolute atomic E-state index is 11.9. The predicted molar refractivity (Wildman–Crippen MR) is 81.3 cm³/mol. The minimum atomic E-state index is -0.877. The third-order valence-corrected chi connectivity index (χ3v) is 3.05. The maximum atomic E-state index is 11.9. The van der Waals surface area contributed by atoms with Gasteiger partial charge in [-0.15, -0.1) is 0 Å². The van der Waals surface area contributed by atoms with Crippen molar-refractivity contribution in [2.45, 2.75) is 19.1 Å². The fourth-order valence-corrected chi connectivity index (χ4v) is 1.89. The molecule has 0 aliphatic heterocycles. The molecule has 1 atom stereocenters. The van der Waals surface area contributed by atoms with E-state index in [0.717, 1.165) is 5.56 Å². The topological polar surface area (TPSA) is 90.4 Å². The van der Waals surface area contributed by atoms with E-state index < -0.39 is 18.1 Å². The quantitative estimate of drug-likeness (QED) is 0.812. The first-order chi connectivity index (χ1) is 11.2. The molecule has 1 amide bonds. The van der Waals surface area contributed by atoms with Gasteiger partial charge in [-0.2, -0.15) is 0 Å². The van der Waals surface area contributed by atoms with Gasteiger partial charge < -0.3 is 14.8 Å². The molecule has 2 aromatic rings. The Morgan fingerprint density at radius 3 is 2.65 bits per heavy atom. The van der Waals surface area contributed by atoms with Crippen molar-refractivity contribution in [1.29, 1.82) is 0 Å². The van der Waals surface area contributed by atoms with Crippen LogP contribution < -0.4 is 5.32 Å². The number of alkyl carbamates (subject to hydrolysis) is 1. The second kappa shape index (κ2) is 8.47. The predicted octanol–water partition coefficient (Wildman–Crippen LogP) is 1.49. The minimum absolute atomic E-state index is 0.119. The number of hydrogen-bond donors (Lipinski definition) is 1. The summed E-state index contributed by atoms with van der Waals surface area (Å²) in [6.45, 7) is 0.119. The lowest BCUT2D eigenvalue weighted by atomic mass is 10.1. The second-order valence-electron chi connectivity index (χ2n) is 4.69. The Kier molecular flexibility index (Phi) is 6.05. The van der Waals surface area contributed by atoms with Gasteiger partial charge in [-0.05, 0) is 11.6 Å². The largest absolute Gasteiger partial charge is 0.467 e. The number of methoxy groups -OCH3 is 1. The number of rotatable bonds is 6. The van der Waals surface area contributed by atoms with Crippen molar-refractivity contribution < 1.29 is 19.1 Å². The van der Waals surface area contributed by atoms with Crippen LogP contribution in [0.25, 0.3) is 0 Å². The molecule has 0 saturated carbocycles. The molecule has 1 aromatic carbocycles. The molecule has 120 valence electrons. The van der Waals surface area contributed by atoms with E-state index in [2.05, 4.69) is 15.3 Å². The molecule has 0 aliphatic rings. The number of amides is 1. The van der Waals surface area contributed by atoms with Crippen molar-refractivity contribution in [3.8, 4) is 0 Å². The molecular weight excluding hydrogens is 298 g/mol.